The fraction of sp³-hybridized carbons (Fsp3) is 0.429. The number of nitrogens with zero attached hydrogens (tertiary/aromatic N) is 2. The number of aromatic nitrogens is 2. The number of carboxylic acid groups (broad SMARTS) is 1. The van der Waals surface area contributed by atoms with Crippen LogP contribution in [0.2, 0.25) is 0 Å². The van der Waals surface area contributed by atoms with E-state index >= 15 is 0 Å². The Morgan fingerprint density at radius 1 is 1.52 bits per heavy atom. The standard InChI is InChI=1S/C14H17N3O5S/c1-8(2)13-15-7-11(16-13)23(20,21)17-5-3-10-9(4-6-22-10)12(17)14(18)19/h4,6-8,12H,3,5H2,1-2H3,(H,15,16)(H,18,19). The third kappa shape index (κ3) is 2.55. The molecule has 1 unspecified atom stereocenters. The van der Waals surface area contributed by atoms with Gasteiger partial charge in [0, 0.05) is 24.4 Å². The van der Waals surface area contributed by atoms with Crippen LogP contribution in [-0.4, -0.2) is 40.3 Å². The van der Waals surface area contributed by atoms with Crippen molar-refractivity contribution in [2.45, 2.75) is 37.3 Å². The first-order chi connectivity index (χ1) is 10.8. The molecular formula is C14H17N3O5S. The molecule has 23 heavy (non-hydrogen) atoms. The number of sulfonamides is 1. The minimum atomic E-state index is -4.00. The van der Waals surface area contributed by atoms with Crippen LogP contribution in [-0.2, 0) is 21.2 Å². The minimum absolute atomic E-state index is 0.0375. The number of rotatable bonds is 4. The number of hydrogen-bond donors (Lipinski definition) is 2. The summed E-state index contributed by atoms with van der Waals surface area (Å²) in [5.41, 5.74) is 0.371. The van der Waals surface area contributed by atoms with E-state index in [2.05, 4.69) is 9.97 Å². The minimum Gasteiger partial charge on any atom is -0.480 e. The van der Waals surface area contributed by atoms with Gasteiger partial charge in [0.1, 0.15) is 11.6 Å². The fourth-order valence-electron chi connectivity index (χ4n) is 2.68. The highest BCUT2D eigenvalue weighted by Gasteiger charge is 2.42. The van der Waals surface area contributed by atoms with Crippen molar-refractivity contribution in [2.75, 3.05) is 6.54 Å². The zero-order chi connectivity index (χ0) is 16.8. The summed E-state index contributed by atoms with van der Waals surface area (Å²) < 4.78 is 31.9. The lowest BCUT2D eigenvalue weighted by atomic mass is 10.0. The smallest absolute Gasteiger partial charge is 0.326 e. The van der Waals surface area contributed by atoms with Gasteiger partial charge in [0.2, 0.25) is 0 Å². The number of carbonyl (C=O) groups is 1. The Labute approximate surface area is 133 Å². The van der Waals surface area contributed by atoms with Gasteiger partial charge in [-0.1, -0.05) is 13.8 Å². The van der Waals surface area contributed by atoms with E-state index < -0.39 is 22.0 Å². The van der Waals surface area contributed by atoms with Crippen molar-refractivity contribution in [2.24, 2.45) is 0 Å². The van der Waals surface area contributed by atoms with Gasteiger partial charge < -0.3 is 14.5 Å². The molecule has 3 heterocycles. The second kappa shape index (κ2) is 5.50. The fourth-order valence-corrected chi connectivity index (χ4v) is 4.16. The summed E-state index contributed by atoms with van der Waals surface area (Å²) in [5.74, 6) is -0.150. The van der Waals surface area contributed by atoms with Crippen molar-refractivity contribution >= 4 is 16.0 Å². The lowest BCUT2D eigenvalue weighted by molar-refractivity contribution is -0.142. The number of imidazole rings is 1. The van der Waals surface area contributed by atoms with Crippen LogP contribution in [0.4, 0.5) is 0 Å². The number of H-pyrrole nitrogens is 1. The van der Waals surface area contributed by atoms with Gasteiger partial charge in [-0.25, -0.2) is 13.4 Å². The Balaban J connectivity index is 2.03. The Kier molecular flexibility index (Phi) is 3.77. The van der Waals surface area contributed by atoms with E-state index in [1.807, 2.05) is 13.8 Å². The molecule has 0 fully saturated rings. The summed E-state index contributed by atoms with van der Waals surface area (Å²) in [7, 11) is -4.00. The Morgan fingerprint density at radius 3 is 2.87 bits per heavy atom. The van der Waals surface area contributed by atoms with Crippen LogP contribution in [0.1, 0.15) is 43.0 Å². The van der Waals surface area contributed by atoms with E-state index in [0.29, 0.717) is 23.6 Å². The van der Waals surface area contributed by atoms with Crippen LogP contribution >= 0.6 is 0 Å². The highest BCUT2D eigenvalue weighted by Crippen LogP contribution is 2.34. The summed E-state index contributed by atoms with van der Waals surface area (Å²) in [6, 6.07) is 0.204. The number of fused-ring (bicyclic) bond motifs is 1. The van der Waals surface area contributed by atoms with Crippen molar-refractivity contribution in [1.29, 1.82) is 0 Å². The number of aromatic amines is 1. The predicted molar refractivity (Wildman–Crippen MR) is 79.4 cm³/mol. The summed E-state index contributed by atoms with van der Waals surface area (Å²) >= 11 is 0. The van der Waals surface area contributed by atoms with Crippen LogP contribution in [0.15, 0.2) is 28.0 Å². The normalized spacial score (nSPS) is 19.0. The molecule has 0 spiro atoms. The molecule has 1 aliphatic heterocycles. The maximum Gasteiger partial charge on any atom is 0.326 e. The molecule has 0 aliphatic carbocycles. The first-order valence-corrected chi connectivity index (χ1v) is 8.62. The van der Waals surface area contributed by atoms with Crippen LogP contribution in [0, 0.1) is 0 Å². The van der Waals surface area contributed by atoms with Crippen LogP contribution in [0.5, 0.6) is 0 Å². The molecule has 3 rings (SSSR count). The van der Waals surface area contributed by atoms with E-state index in [4.69, 9.17) is 4.42 Å². The molecule has 2 aromatic rings. The van der Waals surface area contributed by atoms with Gasteiger partial charge >= 0.3 is 5.97 Å². The molecule has 0 saturated heterocycles. The second-order valence-electron chi connectivity index (χ2n) is 5.69. The van der Waals surface area contributed by atoms with E-state index in [1.54, 1.807) is 0 Å². The molecule has 0 saturated carbocycles. The summed E-state index contributed by atoms with van der Waals surface area (Å²) in [6.45, 7) is 3.80. The number of hydrogen-bond acceptors (Lipinski definition) is 5. The first-order valence-electron chi connectivity index (χ1n) is 7.18. The molecule has 2 aromatic heterocycles. The predicted octanol–water partition coefficient (Wildman–Crippen LogP) is 1.50. The van der Waals surface area contributed by atoms with Gasteiger partial charge in [-0.2, -0.15) is 4.31 Å². The Bertz CT molecular complexity index is 836. The number of aliphatic carboxylic acids is 1. The molecule has 8 nitrogen and oxygen atoms in total. The van der Waals surface area contributed by atoms with Crippen molar-refractivity contribution in [3.8, 4) is 0 Å². The first kappa shape index (κ1) is 15.8. The van der Waals surface area contributed by atoms with Crippen molar-refractivity contribution in [3.05, 3.63) is 35.7 Å². The molecular weight excluding hydrogens is 322 g/mol. The molecule has 0 radical (unpaired) electrons. The topological polar surface area (TPSA) is 116 Å². The third-order valence-electron chi connectivity index (χ3n) is 3.86. The molecule has 124 valence electrons. The van der Waals surface area contributed by atoms with Crippen molar-refractivity contribution in [1.82, 2.24) is 14.3 Å². The van der Waals surface area contributed by atoms with Crippen molar-refractivity contribution in [3.63, 3.8) is 0 Å². The lowest BCUT2D eigenvalue weighted by Crippen LogP contribution is -2.43. The van der Waals surface area contributed by atoms with E-state index in [-0.39, 0.29) is 17.5 Å². The average Bonchev–Trinajstić information content (AvgIpc) is 3.14. The largest absolute Gasteiger partial charge is 0.480 e. The molecule has 0 amide bonds. The quantitative estimate of drug-likeness (QED) is 0.872. The molecule has 1 atom stereocenters. The maximum absolute atomic E-state index is 12.8. The zero-order valence-electron chi connectivity index (χ0n) is 12.7. The van der Waals surface area contributed by atoms with Gasteiger partial charge in [-0.3, -0.25) is 4.79 Å². The summed E-state index contributed by atoms with van der Waals surface area (Å²) in [4.78, 5) is 18.5. The molecule has 2 N–H and O–H groups in total. The van der Waals surface area contributed by atoms with Gasteiger partial charge in [-0.05, 0) is 6.07 Å². The summed E-state index contributed by atoms with van der Waals surface area (Å²) in [5, 5.41) is 9.41. The maximum atomic E-state index is 12.8. The lowest BCUT2D eigenvalue weighted by Gasteiger charge is -2.30. The summed E-state index contributed by atoms with van der Waals surface area (Å²) in [6.07, 6.45) is 2.94. The van der Waals surface area contributed by atoms with Crippen LogP contribution in [0.3, 0.4) is 0 Å². The number of carboxylic acids is 1. The van der Waals surface area contributed by atoms with Gasteiger partial charge in [0.15, 0.2) is 11.1 Å². The number of furan rings is 1. The van der Waals surface area contributed by atoms with Crippen molar-refractivity contribution < 1.29 is 22.7 Å². The van der Waals surface area contributed by atoms with E-state index in [0.717, 1.165) is 4.31 Å². The SMILES string of the molecule is CC(C)c1ncc(S(=O)(=O)N2CCc3occc3C2C(=O)O)[nH]1. The molecule has 0 bridgehead atoms. The number of nitrogens with one attached hydrogen (secondary N) is 1. The highest BCUT2D eigenvalue weighted by molar-refractivity contribution is 7.89. The second-order valence-corrected chi connectivity index (χ2v) is 7.55. The van der Waals surface area contributed by atoms with Gasteiger partial charge in [0.05, 0.1) is 12.5 Å². The zero-order valence-corrected chi connectivity index (χ0v) is 13.5. The van der Waals surface area contributed by atoms with Crippen LogP contribution in [0.25, 0.3) is 0 Å². The Hall–Kier alpha value is -2.13. The van der Waals surface area contributed by atoms with Crippen LogP contribution < -0.4 is 0 Å². The van der Waals surface area contributed by atoms with E-state index in [1.165, 1.54) is 18.5 Å². The average molecular weight is 339 g/mol. The van der Waals surface area contributed by atoms with E-state index in [9.17, 15) is 18.3 Å². The molecule has 9 heteroatoms. The molecule has 1 aliphatic rings. The van der Waals surface area contributed by atoms with Gasteiger partial charge in [-0.15, -0.1) is 0 Å². The monoisotopic (exact) mass is 339 g/mol. The molecule has 0 aromatic carbocycles. The van der Waals surface area contributed by atoms with Gasteiger partial charge in [0.25, 0.3) is 10.0 Å². The highest BCUT2D eigenvalue weighted by atomic mass is 32.2. The Morgan fingerprint density at radius 2 is 2.26 bits per heavy atom. The third-order valence-corrected chi connectivity index (χ3v) is 5.64.